The van der Waals surface area contributed by atoms with E-state index in [1.54, 1.807) is 21.8 Å². The number of carbonyl (C=O) groups excluding carboxylic acids is 3. The number of amides is 3. The monoisotopic (exact) mass is 767 g/mol. The number of hydrogen-bond acceptors (Lipinski definition) is 6. The first-order valence-corrected chi connectivity index (χ1v) is 22.2. The maximum Gasteiger partial charge on any atom is 0.264 e. The molecule has 2 aliphatic heterocycles. The molecule has 10 heteroatoms. The van der Waals surface area contributed by atoms with Crippen molar-refractivity contribution in [1.29, 1.82) is 0 Å². The number of rotatable bonds is 14. The van der Waals surface area contributed by atoms with Crippen molar-refractivity contribution in [2.24, 2.45) is 5.92 Å². The average Bonchev–Trinajstić information content (AvgIpc) is 3.65. The summed E-state index contributed by atoms with van der Waals surface area (Å²) >= 11 is 0. The highest BCUT2D eigenvalue weighted by Gasteiger charge is 2.66. The SMILES string of the molecule is COc1ccc([Si](C)(C)[C@H]2[C@H](CC(=O)N(CCO)Cc3ccccc3)O[C@@]3(C(=O)N(Cc4cccc(N(C=O)c5ccccc5)c4)c4ccccc43)[C@@H]2C)cc1. The van der Waals surface area contributed by atoms with E-state index in [1.807, 2.05) is 121 Å². The highest BCUT2D eigenvalue weighted by molar-refractivity contribution is 6.91. The third kappa shape index (κ3) is 7.16. The third-order valence-corrected chi connectivity index (χ3v) is 16.1. The Hall–Kier alpha value is -5.55. The summed E-state index contributed by atoms with van der Waals surface area (Å²) in [5.41, 5.74) is 3.35. The molecule has 1 saturated heterocycles. The van der Waals surface area contributed by atoms with Gasteiger partial charge in [-0.15, -0.1) is 0 Å². The van der Waals surface area contributed by atoms with E-state index in [9.17, 15) is 14.7 Å². The first kappa shape index (κ1) is 38.7. The van der Waals surface area contributed by atoms with Crippen molar-refractivity contribution in [2.75, 3.05) is 30.1 Å². The van der Waals surface area contributed by atoms with Gasteiger partial charge in [0.25, 0.3) is 5.91 Å². The molecule has 5 aromatic carbocycles. The predicted molar refractivity (Wildman–Crippen MR) is 222 cm³/mol. The van der Waals surface area contributed by atoms with Crippen LogP contribution in [-0.4, -0.2) is 62.7 Å². The summed E-state index contributed by atoms with van der Waals surface area (Å²) < 4.78 is 12.7. The van der Waals surface area contributed by atoms with Gasteiger partial charge in [-0.05, 0) is 59.1 Å². The largest absolute Gasteiger partial charge is 0.497 e. The van der Waals surface area contributed by atoms with Gasteiger partial charge in [-0.25, -0.2) is 0 Å². The number of benzene rings is 5. The van der Waals surface area contributed by atoms with Crippen molar-refractivity contribution < 1.29 is 29.0 Å². The molecule has 0 unspecified atom stereocenters. The molecular formula is C46H49N3O6Si. The number of carbonyl (C=O) groups is 3. The van der Waals surface area contributed by atoms with Crippen LogP contribution in [0.5, 0.6) is 5.75 Å². The van der Waals surface area contributed by atoms with E-state index in [0.29, 0.717) is 12.2 Å². The molecule has 1 spiro atoms. The van der Waals surface area contributed by atoms with Crippen LogP contribution in [0.3, 0.4) is 0 Å². The normalized spacial score (nSPS) is 20.2. The molecule has 1 fully saturated rings. The van der Waals surface area contributed by atoms with Crippen LogP contribution in [0, 0.1) is 5.92 Å². The highest BCUT2D eigenvalue weighted by atomic mass is 28.3. The Morgan fingerprint density at radius 3 is 2.20 bits per heavy atom. The lowest BCUT2D eigenvalue weighted by atomic mass is 9.82. The van der Waals surface area contributed by atoms with Gasteiger partial charge in [-0.3, -0.25) is 19.3 Å². The van der Waals surface area contributed by atoms with E-state index >= 15 is 4.79 Å². The number of nitrogens with zero attached hydrogens (tertiary/aromatic N) is 3. The summed E-state index contributed by atoms with van der Waals surface area (Å²) in [6, 6.07) is 42.9. The average molecular weight is 768 g/mol. The Morgan fingerprint density at radius 2 is 1.52 bits per heavy atom. The number of aliphatic hydroxyl groups excluding tert-OH is 1. The van der Waals surface area contributed by atoms with Crippen molar-refractivity contribution in [3.05, 3.63) is 150 Å². The number of hydrogen-bond donors (Lipinski definition) is 1. The number of fused-ring (bicyclic) bond motifs is 2. The zero-order valence-corrected chi connectivity index (χ0v) is 33.4. The van der Waals surface area contributed by atoms with Crippen molar-refractivity contribution in [1.82, 2.24) is 4.90 Å². The van der Waals surface area contributed by atoms with Crippen LogP contribution in [0.1, 0.15) is 30.0 Å². The molecule has 0 aliphatic carbocycles. The Morgan fingerprint density at radius 1 is 0.875 bits per heavy atom. The molecule has 56 heavy (non-hydrogen) atoms. The molecule has 0 bridgehead atoms. The Bertz CT molecular complexity index is 2170. The summed E-state index contributed by atoms with van der Waals surface area (Å²) in [7, 11) is -0.861. The molecule has 7 rings (SSSR count). The molecule has 5 aromatic rings. The van der Waals surface area contributed by atoms with Crippen LogP contribution in [0.2, 0.25) is 18.6 Å². The van der Waals surface area contributed by atoms with Gasteiger partial charge in [0.2, 0.25) is 12.3 Å². The highest BCUT2D eigenvalue weighted by Crippen LogP contribution is 2.60. The second-order valence-electron chi connectivity index (χ2n) is 15.3. The quantitative estimate of drug-likeness (QED) is 0.0952. The van der Waals surface area contributed by atoms with Crippen LogP contribution in [-0.2, 0) is 37.8 Å². The van der Waals surface area contributed by atoms with Gasteiger partial charge in [-0.2, -0.15) is 0 Å². The van der Waals surface area contributed by atoms with Crippen LogP contribution in [0.25, 0.3) is 0 Å². The molecule has 9 nitrogen and oxygen atoms in total. The standard InChI is InChI=1S/C46H49N3O6Si/c1-33-44(56(3,4)39-24-22-38(54-2)23-25-39)42(29-43(52)47(26-27-50)30-34-14-7-5-8-15-34)55-46(33)40-20-11-12-21-41(40)48(45(46)53)31-35-16-13-19-37(28-35)49(32-51)36-17-9-6-10-18-36/h5-25,28,32-33,42,44,50H,26-27,29-31H2,1-4H3/t33-,42+,44-,46+/m1/s1. The summed E-state index contributed by atoms with van der Waals surface area (Å²) in [5.74, 6) is 0.172. The first-order valence-electron chi connectivity index (χ1n) is 19.2. The van der Waals surface area contributed by atoms with Gasteiger partial charge in [0.1, 0.15) is 5.75 Å². The number of methoxy groups -OCH3 is 1. The van der Waals surface area contributed by atoms with E-state index in [0.717, 1.165) is 40.2 Å². The van der Waals surface area contributed by atoms with Crippen LogP contribution >= 0.6 is 0 Å². The zero-order chi connectivity index (χ0) is 39.5. The second kappa shape index (κ2) is 16.3. The molecule has 0 aromatic heterocycles. The van der Waals surface area contributed by atoms with E-state index < -0.39 is 19.8 Å². The van der Waals surface area contributed by atoms with Crippen molar-refractivity contribution in [3.63, 3.8) is 0 Å². The fourth-order valence-electron chi connectivity index (χ4n) is 8.99. The van der Waals surface area contributed by atoms with Gasteiger partial charge in [0.15, 0.2) is 5.60 Å². The first-order chi connectivity index (χ1) is 27.1. The predicted octanol–water partition coefficient (Wildman–Crippen LogP) is 7.16. The molecular weight excluding hydrogens is 719 g/mol. The Kier molecular flexibility index (Phi) is 11.2. The molecule has 2 heterocycles. The van der Waals surface area contributed by atoms with Gasteiger partial charge in [-0.1, -0.05) is 116 Å². The lowest BCUT2D eigenvalue weighted by Crippen LogP contribution is -2.52. The number of para-hydroxylation sites is 2. The molecule has 1 N–H and O–H groups in total. The van der Waals surface area contributed by atoms with Gasteiger partial charge in [0, 0.05) is 35.9 Å². The summed E-state index contributed by atoms with van der Waals surface area (Å²) in [6.45, 7) is 7.35. The van der Waals surface area contributed by atoms with Crippen LogP contribution in [0.15, 0.2) is 133 Å². The van der Waals surface area contributed by atoms with Crippen LogP contribution < -0.4 is 19.7 Å². The molecule has 0 radical (unpaired) electrons. The number of anilines is 3. The molecule has 288 valence electrons. The summed E-state index contributed by atoms with van der Waals surface area (Å²) in [5, 5.41) is 11.2. The van der Waals surface area contributed by atoms with E-state index in [4.69, 9.17) is 9.47 Å². The zero-order valence-electron chi connectivity index (χ0n) is 32.4. The molecule has 3 amide bonds. The smallest absolute Gasteiger partial charge is 0.264 e. The molecule has 2 aliphatic rings. The van der Waals surface area contributed by atoms with Crippen molar-refractivity contribution in [2.45, 2.75) is 56.8 Å². The van der Waals surface area contributed by atoms with Crippen LogP contribution in [0.4, 0.5) is 17.1 Å². The number of aliphatic hydroxyl groups is 1. The van der Waals surface area contributed by atoms with E-state index in [-0.39, 0.29) is 49.4 Å². The lowest BCUT2D eigenvalue weighted by molar-refractivity contribution is -0.150. The summed E-state index contributed by atoms with van der Waals surface area (Å²) in [4.78, 5) is 47.0. The Balaban J connectivity index is 1.26. The van der Waals surface area contributed by atoms with E-state index in [2.05, 4.69) is 32.2 Å². The van der Waals surface area contributed by atoms with Gasteiger partial charge >= 0.3 is 0 Å². The minimum Gasteiger partial charge on any atom is -0.497 e. The minimum absolute atomic E-state index is 0.0642. The Labute approximate surface area is 330 Å². The maximum atomic E-state index is 15.3. The van der Waals surface area contributed by atoms with E-state index in [1.165, 1.54) is 5.19 Å². The lowest BCUT2D eigenvalue weighted by Gasteiger charge is -2.37. The second-order valence-corrected chi connectivity index (χ2v) is 20.0. The minimum atomic E-state index is -2.51. The van der Waals surface area contributed by atoms with Crippen molar-refractivity contribution >= 4 is 48.5 Å². The van der Waals surface area contributed by atoms with Gasteiger partial charge in [0.05, 0.1) is 46.5 Å². The topological polar surface area (TPSA) is 99.6 Å². The fourth-order valence-corrected chi connectivity index (χ4v) is 13.0. The molecule has 0 saturated carbocycles. The number of ether oxygens (including phenoxy) is 2. The molecule has 4 atom stereocenters. The maximum absolute atomic E-state index is 15.3. The van der Waals surface area contributed by atoms with Crippen molar-refractivity contribution in [3.8, 4) is 5.75 Å². The summed E-state index contributed by atoms with van der Waals surface area (Å²) in [6.07, 6.45) is 0.283. The fraction of sp³-hybridized carbons (Fsp3) is 0.283. The van der Waals surface area contributed by atoms with Gasteiger partial charge < -0.3 is 24.4 Å². The third-order valence-electron chi connectivity index (χ3n) is 11.7.